The zero-order valence-electron chi connectivity index (χ0n) is 13.7. The monoisotopic (exact) mass is 330 g/mol. The number of aryl methyl sites for hydroxylation is 1. The number of benzene rings is 1. The molecular weight excluding hydrogens is 311 g/mol. The third-order valence-electron chi connectivity index (χ3n) is 4.40. The molecule has 0 radical (unpaired) electrons. The summed E-state index contributed by atoms with van der Waals surface area (Å²) >= 11 is 0. The molecule has 2 aliphatic heterocycles. The van der Waals surface area contributed by atoms with Gasteiger partial charge in [0.2, 0.25) is 5.95 Å². The Hall–Kier alpha value is -2.41. The zero-order chi connectivity index (χ0) is 16.7. The first-order valence-corrected chi connectivity index (χ1v) is 8.00. The highest BCUT2D eigenvalue weighted by Crippen LogP contribution is 2.39. The van der Waals surface area contributed by atoms with Crippen LogP contribution in [0.15, 0.2) is 18.2 Å². The molecule has 0 amide bonds. The predicted octanol–water partition coefficient (Wildman–Crippen LogP) is 2.96. The molecule has 126 valence electrons. The molecule has 6 nitrogen and oxygen atoms in total. The van der Waals surface area contributed by atoms with Crippen molar-refractivity contribution in [2.24, 2.45) is 0 Å². The maximum atomic E-state index is 14.4. The van der Waals surface area contributed by atoms with Crippen molar-refractivity contribution in [3.05, 3.63) is 35.3 Å². The van der Waals surface area contributed by atoms with Crippen LogP contribution in [0, 0.1) is 12.7 Å². The normalized spacial score (nSPS) is 19.3. The Morgan fingerprint density at radius 3 is 3.04 bits per heavy atom. The van der Waals surface area contributed by atoms with Crippen LogP contribution in [0.4, 0.5) is 21.8 Å². The molecule has 1 aromatic heterocycles. The van der Waals surface area contributed by atoms with Crippen molar-refractivity contribution < 1.29 is 13.9 Å². The minimum Gasteiger partial charge on any atom is -0.496 e. The number of ether oxygens (including phenoxy) is 2. The predicted molar refractivity (Wildman–Crippen MR) is 88.5 cm³/mol. The third-order valence-corrected chi connectivity index (χ3v) is 4.40. The topological polar surface area (TPSA) is 59.5 Å². The Kier molecular flexibility index (Phi) is 3.72. The largest absolute Gasteiger partial charge is 0.496 e. The Bertz CT molecular complexity index is 783. The maximum Gasteiger partial charge on any atom is 0.229 e. The molecule has 0 aliphatic carbocycles. The number of anilines is 3. The Morgan fingerprint density at radius 2 is 2.21 bits per heavy atom. The summed E-state index contributed by atoms with van der Waals surface area (Å²) in [6.07, 6.45) is 0.901. The van der Waals surface area contributed by atoms with Crippen molar-refractivity contribution in [2.45, 2.75) is 19.4 Å². The van der Waals surface area contributed by atoms with Gasteiger partial charge in [0.25, 0.3) is 0 Å². The van der Waals surface area contributed by atoms with Crippen molar-refractivity contribution in [3.8, 4) is 5.75 Å². The fourth-order valence-electron chi connectivity index (χ4n) is 3.29. The molecule has 0 unspecified atom stereocenters. The number of methoxy groups -OCH3 is 1. The van der Waals surface area contributed by atoms with Crippen molar-refractivity contribution in [1.29, 1.82) is 0 Å². The Morgan fingerprint density at radius 1 is 1.33 bits per heavy atom. The van der Waals surface area contributed by atoms with Crippen molar-refractivity contribution >= 4 is 17.5 Å². The van der Waals surface area contributed by atoms with Crippen LogP contribution in [0.3, 0.4) is 0 Å². The van der Waals surface area contributed by atoms with Gasteiger partial charge >= 0.3 is 0 Å². The molecule has 1 fully saturated rings. The van der Waals surface area contributed by atoms with Gasteiger partial charge in [0.1, 0.15) is 17.4 Å². The Balaban J connectivity index is 1.96. The lowest BCUT2D eigenvalue weighted by molar-refractivity contribution is 0.133. The molecule has 0 spiro atoms. The van der Waals surface area contributed by atoms with Crippen LogP contribution in [-0.4, -0.2) is 36.8 Å². The lowest BCUT2D eigenvalue weighted by Gasteiger charge is -2.31. The number of hydrogen-bond donors (Lipinski definition) is 1. The third kappa shape index (κ3) is 2.54. The van der Waals surface area contributed by atoms with Gasteiger partial charge in [-0.1, -0.05) is 0 Å². The summed E-state index contributed by atoms with van der Waals surface area (Å²) in [5.41, 5.74) is 2.05. The highest BCUT2D eigenvalue weighted by atomic mass is 19.1. The van der Waals surface area contributed by atoms with Gasteiger partial charge in [-0.05, 0) is 19.4 Å². The van der Waals surface area contributed by atoms with Crippen LogP contribution in [0.2, 0.25) is 0 Å². The zero-order valence-corrected chi connectivity index (χ0v) is 13.7. The van der Waals surface area contributed by atoms with E-state index in [2.05, 4.69) is 20.2 Å². The van der Waals surface area contributed by atoms with Crippen molar-refractivity contribution in [1.82, 2.24) is 9.97 Å². The van der Waals surface area contributed by atoms with Crippen molar-refractivity contribution in [2.75, 3.05) is 37.1 Å². The van der Waals surface area contributed by atoms with E-state index in [1.54, 1.807) is 13.2 Å². The second-order valence-electron chi connectivity index (χ2n) is 6.03. The van der Waals surface area contributed by atoms with E-state index < -0.39 is 5.82 Å². The number of rotatable bonds is 1. The minimum atomic E-state index is -0.398. The molecule has 0 saturated carbocycles. The molecule has 1 saturated heterocycles. The number of hydrogen-bond acceptors (Lipinski definition) is 6. The summed E-state index contributed by atoms with van der Waals surface area (Å²) < 4.78 is 25.6. The number of halogens is 1. The molecule has 1 N–H and O–H groups in total. The van der Waals surface area contributed by atoms with Gasteiger partial charge in [0, 0.05) is 36.5 Å². The summed E-state index contributed by atoms with van der Waals surface area (Å²) in [5.74, 6) is 1.32. The summed E-state index contributed by atoms with van der Waals surface area (Å²) in [7, 11) is 1.55. The van der Waals surface area contributed by atoms with Crippen LogP contribution in [-0.2, 0) is 4.74 Å². The molecule has 1 atom stereocenters. The van der Waals surface area contributed by atoms with Crippen LogP contribution in [0.25, 0.3) is 0 Å². The lowest BCUT2D eigenvalue weighted by Crippen LogP contribution is -2.31. The van der Waals surface area contributed by atoms with E-state index in [4.69, 9.17) is 9.47 Å². The number of nitrogens with one attached hydrogen (secondary N) is 1. The van der Waals surface area contributed by atoms with E-state index in [-0.39, 0.29) is 6.04 Å². The van der Waals surface area contributed by atoms with Gasteiger partial charge in [-0.2, -0.15) is 4.98 Å². The van der Waals surface area contributed by atoms with Gasteiger partial charge in [-0.15, -0.1) is 0 Å². The summed E-state index contributed by atoms with van der Waals surface area (Å²) in [6.45, 7) is 3.90. The van der Waals surface area contributed by atoms with E-state index in [1.807, 2.05) is 13.0 Å². The number of aromatic nitrogens is 2. The smallest absolute Gasteiger partial charge is 0.229 e. The standard InChI is InChI=1S/C17H19FN4O2/c1-10-6-16-21-17(19-10)20-13-7-11(15(23-2)8-12(13)18)14-9-24-5-3-4-22(14)16/h6-8,14H,3-5,9H2,1-2H3,(H,19,20,21)/t14-/m0/s1. The fourth-order valence-corrected chi connectivity index (χ4v) is 3.29. The van der Waals surface area contributed by atoms with Gasteiger partial charge in [-0.25, -0.2) is 9.37 Å². The summed E-state index contributed by atoms with van der Waals surface area (Å²) in [6, 6.07) is 5.03. The van der Waals surface area contributed by atoms with E-state index in [0.29, 0.717) is 30.6 Å². The molecule has 24 heavy (non-hydrogen) atoms. The van der Waals surface area contributed by atoms with Crippen LogP contribution in [0.5, 0.6) is 5.75 Å². The molecule has 7 heteroatoms. The first-order valence-electron chi connectivity index (χ1n) is 8.00. The molecule has 4 bridgehead atoms. The van der Waals surface area contributed by atoms with E-state index in [9.17, 15) is 4.39 Å². The Labute approximate surface area is 139 Å². The van der Waals surface area contributed by atoms with E-state index in [1.165, 1.54) is 6.07 Å². The van der Waals surface area contributed by atoms with Gasteiger partial charge in [-0.3, -0.25) is 0 Å². The molecule has 1 aromatic carbocycles. The highest BCUT2D eigenvalue weighted by molar-refractivity contribution is 5.63. The average Bonchev–Trinajstić information content (AvgIpc) is 2.79. The van der Waals surface area contributed by atoms with Gasteiger partial charge < -0.3 is 19.7 Å². The van der Waals surface area contributed by atoms with Crippen LogP contribution < -0.4 is 15.0 Å². The second kappa shape index (κ2) is 5.90. The summed E-state index contributed by atoms with van der Waals surface area (Å²) in [4.78, 5) is 11.1. The lowest BCUT2D eigenvalue weighted by atomic mass is 10.0. The SMILES string of the molecule is COc1cc(F)c2cc1[C@@H]1COCCCN1c1cc(C)nc(n1)N2. The van der Waals surface area contributed by atoms with E-state index in [0.717, 1.165) is 30.0 Å². The molecule has 2 aromatic rings. The molecule has 2 aliphatic rings. The molecule has 3 heterocycles. The minimum absolute atomic E-state index is 0.0937. The first kappa shape index (κ1) is 15.1. The first-order chi connectivity index (χ1) is 11.7. The maximum absolute atomic E-state index is 14.4. The average molecular weight is 330 g/mol. The van der Waals surface area contributed by atoms with E-state index >= 15 is 0 Å². The molecular formula is C17H19FN4O2. The highest BCUT2D eigenvalue weighted by Gasteiger charge is 2.30. The van der Waals surface area contributed by atoms with Crippen LogP contribution >= 0.6 is 0 Å². The van der Waals surface area contributed by atoms with Crippen molar-refractivity contribution in [3.63, 3.8) is 0 Å². The van der Waals surface area contributed by atoms with Gasteiger partial charge in [0.15, 0.2) is 0 Å². The summed E-state index contributed by atoms with van der Waals surface area (Å²) in [5, 5.41) is 2.99. The number of nitrogens with zero attached hydrogens (tertiary/aromatic N) is 3. The number of fused-ring (bicyclic) bond motifs is 7. The second-order valence-corrected chi connectivity index (χ2v) is 6.03. The fraction of sp³-hybridized carbons (Fsp3) is 0.412. The quantitative estimate of drug-likeness (QED) is 0.867. The van der Waals surface area contributed by atoms with Gasteiger partial charge in [0.05, 0.1) is 25.4 Å². The molecule has 4 rings (SSSR count). The van der Waals surface area contributed by atoms with Crippen LogP contribution in [0.1, 0.15) is 23.7 Å².